The van der Waals surface area contributed by atoms with Crippen molar-refractivity contribution in [1.82, 2.24) is 9.80 Å². The van der Waals surface area contributed by atoms with Crippen LogP contribution in [0.25, 0.3) is 0 Å². The summed E-state index contributed by atoms with van der Waals surface area (Å²) < 4.78 is 13.2. The molecular weight excluding hydrogens is 309 g/mol. The maximum absolute atomic E-state index is 13.2. The zero-order valence-corrected chi connectivity index (χ0v) is 14.4. The van der Waals surface area contributed by atoms with Crippen LogP contribution in [-0.4, -0.2) is 53.8 Å². The first-order valence-electron chi connectivity index (χ1n) is 8.45. The molecular formula is C18H26FN3O2. The van der Waals surface area contributed by atoms with Crippen LogP contribution in [0.5, 0.6) is 0 Å². The predicted molar refractivity (Wildman–Crippen MR) is 90.7 cm³/mol. The number of hydrogen-bond acceptors (Lipinski definition) is 3. The van der Waals surface area contributed by atoms with Crippen LogP contribution >= 0.6 is 0 Å². The van der Waals surface area contributed by atoms with Crippen molar-refractivity contribution >= 4 is 11.8 Å². The zero-order valence-electron chi connectivity index (χ0n) is 14.4. The van der Waals surface area contributed by atoms with Crippen molar-refractivity contribution in [2.24, 2.45) is 11.7 Å². The summed E-state index contributed by atoms with van der Waals surface area (Å²) in [5.41, 5.74) is 6.24. The number of carbonyl (C=O) groups excluding carboxylic acids is 2. The summed E-state index contributed by atoms with van der Waals surface area (Å²) in [6.45, 7) is 6.25. The molecule has 1 aromatic carbocycles. The molecule has 1 aliphatic rings. The molecule has 2 amide bonds. The Morgan fingerprint density at radius 1 is 1.21 bits per heavy atom. The maximum atomic E-state index is 13.2. The Bertz CT molecular complexity index is 585. The third kappa shape index (κ3) is 4.77. The minimum Gasteiger partial charge on any atom is -0.368 e. The van der Waals surface area contributed by atoms with Gasteiger partial charge in [0, 0.05) is 32.1 Å². The molecule has 1 fully saturated rings. The molecule has 132 valence electrons. The van der Waals surface area contributed by atoms with Crippen LogP contribution in [0.2, 0.25) is 0 Å². The van der Waals surface area contributed by atoms with Crippen LogP contribution < -0.4 is 5.73 Å². The van der Waals surface area contributed by atoms with Gasteiger partial charge >= 0.3 is 0 Å². The number of halogens is 1. The van der Waals surface area contributed by atoms with E-state index in [2.05, 4.69) is 0 Å². The van der Waals surface area contributed by atoms with E-state index in [1.165, 1.54) is 12.1 Å². The number of nitrogens with two attached hydrogens (primary N) is 1. The van der Waals surface area contributed by atoms with Gasteiger partial charge in [-0.2, -0.15) is 0 Å². The number of aryl methyl sites for hydroxylation is 1. The van der Waals surface area contributed by atoms with Gasteiger partial charge in [0.15, 0.2) is 0 Å². The largest absolute Gasteiger partial charge is 0.368 e. The predicted octanol–water partition coefficient (Wildman–Crippen LogP) is 1.41. The lowest BCUT2D eigenvalue weighted by molar-refractivity contribution is -0.137. The highest BCUT2D eigenvalue weighted by atomic mass is 19.1. The maximum Gasteiger partial charge on any atom is 0.234 e. The van der Waals surface area contributed by atoms with Crippen molar-refractivity contribution in [3.8, 4) is 0 Å². The quantitative estimate of drug-likeness (QED) is 0.855. The number of carbonyl (C=O) groups is 2. The zero-order chi connectivity index (χ0) is 17.7. The van der Waals surface area contributed by atoms with E-state index in [1.54, 1.807) is 13.0 Å². The number of piperazine rings is 1. The lowest BCUT2D eigenvalue weighted by Gasteiger charge is -2.38. The van der Waals surface area contributed by atoms with E-state index in [0.29, 0.717) is 39.0 Å². The van der Waals surface area contributed by atoms with E-state index in [9.17, 15) is 14.0 Å². The Balaban J connectivity index is 1.80. The molecule has 0 saturated carbocycles. The number of primary amides is 1. The van der Waals surface area contributed by atoms with E-state index < -0.39 is 0 Å². The summed E-state index contributed by atoms with van der Waals surface area (Å²) in [5, 5.41) is 0. The first-order chi connectivity index (χ1) is 11.4. The van der Waals surface area contributed by atoms with Crippen LogP contribution in [0.15, 0.2) is 24.3 Å². The van der Waals surface area contributed by atoms with Crippen molar-refractivity contribution in [1.29, 1.82) is 0 Å². The molecule has 0 radical (unpaired) electrons. The molecule has 5 nitrogen and oxygen atoms in total. The van der Waals surface area contributed by atoms with Gasteiger partial charge in [-0.25, -0.2) is 4.39 Å². The highest BCUT2D eigenvalue weighted by molar-refractivity contribution is 5.80. The topological polar surface area (TPSA) is 66.6 Å². The van der Waals surface area contributed by atoms with Crippen molar-refractivity contribution in [3.63, 3.8) is 0 Å². The molecule has 0 aliphatic carbocycles. The van der Waals surface area contributed by atoms with Crippen LogP contribution in [0, 0.1) is 11.7 Å². The first-order valence-corrected chi connectivity index (χ1v) is 8.45. The summed E-state index contributed by atoms with van der Waals surface area (Å²) in [6, 6.07) is 6.21. The van der Waals surface area contributed by atoms with Gasteiger partial charge in [0.1, 0.15) is 5.82 Å². The van der Waals surface area contributed by atoms with Crippen LogP contribution in [0.4, 0.5) is 4.39 Å². The van der Waals surface area contributed by atoms with Crippen molar-refractivity contribution in [2.45, 2.75) is 32.7 Å². The molecule has 2 atom stereocenters. The van der Waals surface area contributed by atoms with E-state index in [1.807, 2.05) is 22.8 Å². The van der Waals surface area contributed by atoms with Crippen LogP contribution in [0.3, 0.4) is 0 Å². The molecule has 0 aromatic heterocycles. The second-order valence-corrected chi connectivity index (χ2v) is 6.51. The number of amides is 2. The van der Waals surface area contributed by atoms with E-state index in [0.717, 1.165) is 5.56 Å². The number of rotatable bonds is 6. The molecule has 1 saturated heterocycles. The molecule has 1 heterocycles. The fourth-order valence-corrected chi connectivity index (χ4v) is 3.02. The highest BCUT2D eigenvalue weighted by Gasteiger charge is 2.28. The Kier molecular flexibility index (Phi) is 6.31. The normalized spacial score (nSPS) is 18.2. The average molecular weight is 335 g/mol. The molecule has 0 spiro atoms. The second-order valence-electron chi connectivity index (χ2n) is 6.51. The molecule has 2 rings (SSSR count). The Hall–Kier alpha value is -1.95. The number of nitrogens with zero attached hydrogens (tertiary/aromatic N) is 2. The molecule has 2 N–H and O–H groups in total. The van der Waals surface area contributed by atoms with E-state index in [-0.39, 0.29) is 29.6 Å². The molecule has 24 heavy (non-hydrogen) atoms. The molecule has 1 aliphatic heterocycles. The molecule has 0 bridgehead atoms. The van der Waals surface area contributed by atoms with Crippen LogP contribution in [-0.2, 0) is 16.0 Å². The fraction of sp³-hybridized carbons (Fsp3) is 0.556. The standard InChI is InChI=1S/C18H26FN3O2/c1-13(6-7-15-4-3-5-16(19)12-15)18(24)22-10-8-21(9-11-22)14(2)17(20)23/h3-5,12-14H,6-11H2,1-2H3,(H2,20,23)/t13-,14-/m0/s1. The molecule has 1 aromatic rings. The second kappa shape index (κ2) is 8.24. The minimum absolute atomic E-state index is 0.103. The fourth-order valence-electron chi connectivity index (χ4n) is 3.02. The Labute approximate surface area is 142 Å². The van der Waals surface area contributed by atoms with Gasteiger partial charge in [-0.15, -0.1) is 0 Å². The van der Waals surface area contributed by atoms with Crippen molar-refractivity contribution in [3.05, 3.63) is 35.6 Å². The van der Waals surface area contributed by atoms with E-state index >= 15 is 0 Å². The lowest BCUT2D eigenvalue weighted by Crippen LogP contribution is -2.55. The van der Waals surface area contributed by atoms with Gasteiger partial charge in [-0.05, 0) is 37.5 Å². The summed E-state index contributed by atoms with van der Waals surface area (Å²) in [6.07, 6.45) is 1.38. The third-order valence-electron chi connectivity index (χ3n) is 4.76. The van der Waals surface area contributed by atoms with Gasteiger partial charge < -0.3 is 10.6 Å². The summed E-state index contributed by atoms with van der Waals surface area (Å²) in [7, 11) is 0. The van der Waals surface area contributed by atoms with Gasteiger partial charge in [0.25, 0.3) is 0 Å². The SMILES string of the molecule is C[C@@H](CCc1cccc(F)c1)C(=O)N1CCN([C@@H](C)C(N)=O)CC1. The first kappa shape index (κ1) is 18.4. The summed E-state index contributed by atoms with van der Waals surface area (Å²) >= 11 is 0. The number of hydrogen-bond donors (Lipinski definition) is 1. The Morgan fingerprint density at radius 2 is 1.88 bits per heavy atom. The monoisotopic (exact) mass is 335 g/mol. The highest BCUT2D eigenvalue weighted by Crippen LogP contribution is 2.15. The number of benzene rings is 1. The van der Waals surface area contributed by atoms with Crippen molar-refractivity contribution < 1.29 is 14.0 Å². The van der Waals surface area contributed by atoms with E-state index in [4.69, 9.17) is 5.73 Å². The molecule has 0 unspecified atom stereocenters. The molecule has 6 heteroatoms. The van der Waals surface area contributed by atoms with Gasteiger partial charge in [0.2, 0.25) is 11.8 Å². The Morgan fingerprint density at radius 3 is 2.46 bits per heavy atom. The van der Waals surface area contributed by atoms with Gasteiger partial charge in [-0.3, -0.25) is 14.5 Å². The van der Waals surface area contributed by atoms with Gasteiger partial charge in [-0.1, -0.05) is 19.1 Å². The van der Waals surface area contributed by atoms with Crippen LogP contribution in [0.1, 0.15) is 25.8 Å². The van der Waals surface area contributed by atoms with Gasteiger partial charge in [0.05, 0.1) is 6.04 Å². The minimum atomic E-state index is -0.335. The average Bonchev–Trinajstić information content (AvgIpc) is 2.58. The third-order valence-corrected chi connectivity index (χ3v) is 4.76. The lowest BCUT2D eigenvalue weighted by atomic mass is 9.99. The summed E-state index contributed by atoms with van der Waals surface area (Å²) in [5.74, 6) is -0.560. The van der Waals surface area contributed by atoms with Crippen molar-refractivity contribution in [2.75, 3.05) is 26.2 Å². The summed E-state index contributed by atoms with van der Waals surface area (Å²) in [4.78, 5) is 27.6. The smallest absolute Gasteiger partial charge is 0.234 e.